The molecule has 0 aromatic heterocycles. The normalized spacial score (nSPS) is 12.4. The second-order valence-electron chi connectivity index (χ2n) is 8.11. The number of carbonyl (C=O) groups excluding carboxylic acids is 2. The summed E-state index contributed by atoms with van der Waals surface area (Å²) in [6.45, 7) is -1.31. The van der Waals surface area contributed by atoms with E-state index in [2.05, 4.69) is 0 Å². The van der Waals surface area contributed by atoms with Gasteiger partial charge >= 0.3 is 18.0 Å². The summed E-state index contributed by atoms with van der Waals surface area (Å²) in [4.78, 5) is 35.0. The van der Waals surface area contributed by atoms with Crippen LogP contribution in [0.1, 0.15) is 22.6 Å². The maximum atomic E-state index is 14.3. The van der Waals surface area contributed by atoms with E-state index in [4.69, 9.17) is 9.84 Å². The Morgan fingerprint density at radius 2 is 1.54 bits per heavy atom. The number of amides is 2. The Labute approximate surface area is 199 Å². The molecule has 7 nitrogen and oxygen atoms in total. The molecule has 0 bridgehead atoms. The minimum atomic E-state index is -3.92. The van der Waals surface area contributed by atoms with Crippen LogP contribution in [0.15, 0.2) is 72.8 Å². The van der Waals surface area contributed by atoms with E-state index in [9.17, 15) is 23.2 Å². The van der Waals surface area contributed by atoms with Gasteiger partial charge in [-0.1, -0.05) is 60.7 Å². The Hall–Kier alpha value is -4.27. The average Bonchev–Trinajstić information content (AvgIpc) is 3.15. The summed E-state index contributed by atoms with van der Waals surface area (Å²) in [6, 6.07) is 21.0. The number of hydrogen-bond donors (Lipinski definition) is 3. The van der Waals surface area contributed by atoms with Gasteiger partial charge in [-0.25, -0.2) is 4.79 Å². The molecule has 35 heavy (non-hydrogen) atoms. The Morgan fingerprint density at radius 3 is 2.17 bits per heavy atom. The zero-order chi connectivity index (χ0) is 25.0. The zero-order valence-electron chi connectivity index (χ0n) is 18.5. The topological polar surface area (TPSA) is 105 Å². The first kappa shape index (κ1) is 23.9. The fourth-order valence-electron chi connectivity index (χ4n) is 4.07. The van der Waals surface area contributed by atoms with Crippen LogP contribution in [0.3, 0.4) is 0 Å². The van der Waals surface area contributed by atoms with Crippen molar-refractivity contribution in [1.29, 1.82) is 0 Å². The molecule has 4 rings (SSSR count). The molecule has 2 amide bonds. The highest BCUT2D eigenvalue weighted by Gasteiger charge is 2.39. The maximum absolute atomic E-state index is 14.3. The molecule has 0 saturated heterocycles. The number of hydrogen-bond acceptors (Lipinski definition) is 4. The van der Waals surface area contributed by atoms with Crippen molar-refractivity contribution in [2.45, 2.75) is 18.3 Å². The number of halogens is 2. The van der Waals surface area contributed by atoms with Crippen molar-refractivity contribution in [2.24, 2.45) is 0 Å². The van der Waals surface area contributed by atoms with E-state index in [1.807, 2.05) is 59.2 Å². The highest BCUT2D eigenvalue weighted by Crippen LogP contribution is 2.44. The number of nitrogens with one attached hydrogen (secondary N) is 2. The molecule has 3 aromatic rings. The van der Waals surface area contributed by atoms with Gasteiger partial charge in [0.2, 0.25) is 0 Å². The van der Waals surface area contributed by atoms with Crippen LogP contribution >= 0.6 is 0 Å². The summed E-state index contributed by atoms with van der Waals surface area (Å²) < 4.78 is 33.9. The predicted octanol–water partition coefficient (Wildman–Crippen LogP) is 4.43. The standard InChI is InChI=1S/C26H22F2N2O5/c27-26(28,24(33)30-17-7-5-6-16(12-17)13-23(31)32)15-29-25(34)35-14-22-20-10-3-1-8-18(20)19-9-2-4-11-21(19)22/h1-12,22H,13-15H2,(H,29,34)(H,30,33)(H,31,32). The van der Waals surface area contributed by atoms with Crippen molar-refractivity contribution in [3.8, 4) is 11.1 Å². The van der Waals surface area contributed by atoms with Crippen LogP contribution < -0.4 is 10.6 Å². The fraction of sp³-hybridized carbons (Fsp3) is 0.192. The largest absolute Gasteiger partial charge is 0.481 e. The number of benzene rings is 3. The zero-order valence-corrected chi connectivity index (χ0v) is 18.5. The van der Waals surface area contributed by atoms with Gasteiger partial charge in [0.25, 0.3) is 5.91 Å². The van der Waals surface area contributed by atoms with Crippen molar-refractivity contribution >= 4 is 23.7 Å². The second kappa shape index (κ2) is 9.92. The summed E-state index contributed by atoms with van der Waals surface area (Å²) in [5.74, 6) is -6.88. The van der Waals surface area contributed by atoms with Gasteiger partial charge in [0.1, 0.15) is 6.61 Å². The molecule has 1 aliphatic rings. The lowest BCUT2D eigenvalue weighted by atomic mass is 9.98. The molecular weight excluding hydrogens is 458 g/mol. The van der Waals surface area contributed by atoms with Crippen LogP contribution in [0.5, 0.6) is 0 Å². The lowest BCUT2D eigenvalue weighted by Crippen LogP contribution is -2.45. The summed E-state index contributed by atoms with van der Waals surface area (Å²) in [5.41, 5.74) is 4.40. The number of rotatable bonds is 8. The number of fused-ring (bicyclic) bond motifs is 3. The molecular formula is C26H22F2N2O5. The summed E-state index contributed by atoms with van der Waals surface area (Å²) in [6.07, 6.45) is -1.38. The Bertz CT molecular complexity index is 1230. The quantitative estimate of drug-likeness (QED) is 0.443. The molecule has 3 N–H and O–H groups in total. The molecule has 0 unspecified atom stereocenters. The summed E-state index contributed by atoms with van der Waals surface area (Å²) in [7, 11) is 0. The van der Waals surface area contributed by atoms with E-state index >= 15 is 0 Å². The van der Waals surface area contributed by atoms with Gasteiger partial charge < -0.3 is 20.5 Å². The molecule has 3 aromatic carbocycles. The summed E-state index contributed by atoms with van der Waals surface area (Å²) in [5, 5.41) is 12.8. The molecule has 180 valence electrons. The Morgan fingerprint density at radius 1 is 0.914 bits per heavy atom. The van der Waals surface area contributed by atoms with Crippen LogP contribution in [0, 0.1) is 0 Å². The number of anilines is 1. The SMILES string of the molecule is O=C(O)Cc1cccc(NC(=O)C(F)(F)CNC(=O)OCC2c3ccccc3-c3ccccc32)c1. The third kappa shape index (κ3) is 5.46. The molecule has 0 spiro atoms. The minimum absolute atomic E-state index is 0.0227. The van der Waals surface area contributed by atoms with E-state index in [0.717, 1.165) is 22.3 Å². The number of ether oxygens (including phenoxy) is 1. The van der Waals surface area contributed by atoms with Gasteiger partial charge in [0, 0.05) is 11.6 Å². The third-order valence-electron chi connectivity index (χ3n) is 5.67. The van der Waals surface area contributed by atoms with E-state index in [1.165, 1.54) is 24.3 Å². The van der Waals surface area contributed by atoms with Crippen LogP contribution in [0.25, 0.3) is 11.1 Å². The lowest BCUT2D eigenvalue weighted by Gasteiger charge is -2.18. The molecule has 0 saturated carbocycles. The number of carbonyl (C=O) groups is 3. The van der Waals surface area contributed by atoms with Gasteiger partial charge in [-0.15, -0.1) is 0 Å². The van der Waals surface area contributed by atoms with Gasteiger partial charge in [-0.2, -0.15) is 8.78 Å². The molecule has 0 atom stereocenters. The van der Waals surface area contributed by atoms with Crippen LogP contribution in [-0.4, -0.2) is 42.2 Å². The second-order valence-corrected chi connectivity index (χ2v) is 8.11. The monoisotopic (exact) mass is 480 g/mol. The van der Waals surface area contributed by atoms with Crippen molar-refractivity contribution in [2.75, 3.05) is 18.5 Å². The molecule has 1 aliphatic carbocycles. The van der Waals surface area contributed by atoms with Crippen molar-refractivity contribution in [3.63, 3.8) is 0 Å². The third-order valence-corrected chi connectivity index (χ3v) is 5.67. The Kier molecular flexibility index (Phi) is 6.77. The first-order valence-electron chi connectivity index (χ1n) is 10.8. The van der Waals surface area contributed by atoms with E-state index in [0.29, 0.717) is 5.56 Å². The van der Waals surface area contributed by atoms with Gasteiger partial charge in [0.05, 0.1) is 13.0 Å². The number of carboxylic acid groups (broad SMARTS) is 1. The van der Waals surface area contributed by atoms with Crippen molar-refractivity contribution < 1.29 is 33.0 Å². The van der Waals surface area contributed by atoms with E-state index in [1.54, 1.807) is 0 Å². The predicted molar refractivity (Wildman–Crippen MR) is 124 cm³/mol. The minimum Gasteiger partial charge on any atom is -0.481 e. The number of aliphatic carboxylic acids is 1. The van der Waals surface area contributed by atoms with Crippen LogP contribution in [0.2, 0.25) is 0 Å². The highest BCUT2D eigenvalue weighted by atomic mass is 19.3. The molecule has 0 heterocycles. The van der Waals surface area contributed by atoms with Gasteiger partial charge in [0.15, 0.2) is 0 Å². The van der Waals surface area contributed by atoms with Gasteiger partial charge in [-0.05, 0) is 39.9 Å². The molecule has 9 heteroatoms. The molecule has 0 fully saturated rings. The lowest BCUT2D eigenvalue weighted by molar-refractivity contribution is -0.138. The van der Waals surface area contributed by atoms with E-state index in [-0.39, 0.29) is 24.6 Å². The number of alkyl halides is 2. The first-order chi connectivity index (χ1) is 16.7. The average molecular weight is 480 g/mol. The van der Waals surface area contributed by atoms with Crippen LogP contribution in [0.4, 0.5) is 19.3 Å². The van der Waals surface area contributed by atoms with Crippen molar-refractivity contribution in [3.05, 3.63) is 89.5 Å². The first-order valence-corrected chi connectivity index (χ1v) is 10.8. The fourth-order valence-corrected chi connectivity index (χ4v) is 4.07. The van der Waals surface area contributed by atoms with Crippen LogP contribution in [-0.2, 0) is 20.7 Å². The van der Waals surface area contributed by atoms with Crippen molar-refractivity contribution in [1.82, 2.24) is 5.32 Å². The van der Waals surface area contributed by atoms with E-state index < -0.39 is 30.4 Å². The summed E-state index contributed by atoms with van der Waals surface area (Å²) >= 11 is 0. The Balaban J connectivity index is 1.32. The maximum Gasteiger partial charge on any atom is 0.407 e. The molecule has 0 radical (unpaired) electrons. The van der Waals surface area contributed by atoms with Gasteiger partial charge in [-0.3, -0.25) is 9.59 Å². The number of carboxylic acids is 1. The smallest absolute Gasteiger partial charge is 0.407 e. The molecule has 0 aliphatic heterocycles. The highest BCUT2D eigenvalue weighted by molar-refractivity contribution is 5.96. The number of alkyl carbamates (subject to hydrolysis) is 1.